The third-order valence-corrected chi connectivity index (χ3v) is 4.29. The highest BCUT2D eigenvalue weighted by Gasteiger charge is 2.42. The summed E-state index contributed by atoms with van der Waals surface area (Å²) in [6.07, 6.45) is -0.686. The summed E-state index contributed by atoms with van der Waals surface area (Å²) in [6, 6.07) is -0.596. The molecule has 4 atom stereocenters. The summed E-state index contributed by atoms with van der Waals surface area (Å²) >= 11 is 1.37. The van der Waals surface area contributed by atoms with Crippen molar-refractivity contribution in [1.29, 1.82) is 0 Å². The first-order valence-corrected chi connectivity index (χ1v) is 7.41. The summed E-state index contributed by atoms with van der Waals surface area (Å²) in [6.45, 7) is 0.0343. The summed E-state index contributed by atoms with van der Waals surface area (Å²) in [7, 11) is 1.64. The second-order valence-corrected chi connectivity index (χ2v) is 5.59. The van der Waals surface area contributed by atoms with Gasteiger partial charge in [-0.05, 0) is 6.26 Å². The monoisotopic (exact) mass is 300 g/mol. The molecule has 0 amide bonds. The van der Waals surface area contributed by atoms with Crippen molar-refractivity contribution < 1.29 is 14.9 Å². The van der Waals surface area contributed by atoms with E-state index in [0.717, 1.165) is 0 Å². The summed E-state index contributed by atoms with van der Waals surface area (Å²) in [4.78, 5) is 16.6. The van der Waals surface area contributed by atoms with Gasteiger partial charge in [-0.2, -0.15) is 0 Å². The fraction of sp³-hybridized carbons (Fsp3) is 0.636. The predicted octanol–water partition coefficient (Wildman–Crippen LogP) is -1.21. The van der Waals surface area contributed by atoms with E-state index in [9.17, 15) is 15.0 Å². The van der Waals surface area contributed by atoms with E-state index in [4.69, 9.17) is 4.74 Å². The predicted molar refractivity (Wildman–Crippen MR) is 74.0 cm³/mol. The molecule has 0 bridgehead atoms. The lowest BCUT2D eigenvalue weighted by Gasteiger charge is -2.42. The van der Waals surface area contributed by atoms with Crippen LogP contribution < -0.4 is 16.2 Å². The molecular weight excluding hydrogens is 284 g/mol. The number of anilines is 2. The highest BCUT2D eigenvalue weighted by Crippen LogP contribution is 2.29. The van der Waals surface area contributed by atoms with E-state index in [1.54, 1.807) is 7.05 Å². The maximum absolute atomic E-state index is 12.3. The SMILES string of the molecule is CSc1nc2c(c(=O)n1C)N[C@@H]1[C@@H](O)[C@@H](O)CO[C@@H]1N2. The Bertz CT molecular complexity index is 593. The summed E-state index contributed by atoms with van der Waals surface area (Å²) in [5, 5.41) is 26.1. The Labute approximate surface area is 119 Å². The number of aliphatic hydroxyl groups is 2. The molecule has 20 heavy (non-hydrogen) atoms. The first-order valence-electron chi connectivity index (χ1n) is 6.18. The highest BCUT2D eigenvalue weighted by atomic mass is 32.2. The minimum absolute atomic E-state index is 0.0343. The molecule has 110 valence electrons. The number of aliphatic hydroxyl groups excluding tert-OH is 2. The number of nitrogens with zero attached hydrogens (tertiary/aromatic N) is 2. The normalized spacial score (nSPS) is 31.8. The van der Waals surface area contributed by atoms with Gasteiger partial charge in [-0.25, -0.2) is 4.98 Å². The van der Waals surface area contributed by atoms with Gasteiger partial charge < -0.3 is 25.6 Å². The van der Waals surface area contributed by atoms with E-state index < -0.39 is 24.5 Å². The van der Waals surface area contributed by atoms with Crippen molar-refractivity contribution in [1.82, 2.24) is 9.55 Å². The van der Waals surface area contributed by atoms with Gasteiger partial charge in [0.05, 0.1) is 12.6 Å². The minimum atomic E-state index is -1.01. The first kappa shape index (κ1) is 13.7. The van der Waals surface area contributed by atoms with Crippen LogP contribution in [0.4, 0.5) is 11.5 Å². The molecule has 1 saturated heterocycles. The van der Waals surface area contributed by atoms with Gasteiger partial charge in [0.15, 0.2) is 17.2 Å². The molecule has 0 radical (unpaired) electrons. The smallest absolute Gasteiger partial charge is 0.279 e. The van der Waals surface area contributed by atoms with E-state index in [1.807, 2.05) is 6.26 Å². The standard InChI is InChI=1S/C11H16N4O4S/c1-15-10(18)6-8(14-11(15)20-2)13-9-5(12-6)7(17)4(16)3-19-9/h4-5,7,9,12-13,16-17H,3H2,1-2H3/t4-,5+,7-,9-/m0/s1. The fourth-order valence-corrected chi connectivity index (χ4v) is 2.96. The zero-order valence-electron chi connectivity index (χ0n) is 11.0. The average Bonchev–Trinajstić information content (AvgIpc) is 2.46. The molecule has 0 aromatic carbocycles. The van der Waals surface area contributed by atoms with Gasteiger partial charge in [-0.15, -0.1) is 0 Å². The van der Waals surface area contributed by atoms with Gasteiger partial charge in [0.1, 0.15) is 17.9 Å². The van der Waals surface area contributed by atoms with E-state index in [0.29, 0.717) is 11.0 Å². The molecule has 0 saturated carbocycles. The molecule has 1 fully saturated rings. The molecule has 1 aromatic rings. The van der Waals surface area contributed by atoms with Gasteiger partial charge >= 0.3 is 0 Å². The lowest BCUT2D eigenvalue weighted by Crippen LogP contribution is -2.61. The number of hydrogen-bond acceptors (Lipinski definition) is 8. The molecule has 3 rings (SSSR count). The second kappa shape index (κ2) is 4.92. The summed E-state index contributed by atoms with van der Waals surface area (Å²) < 4.78 is 6.86. The number of hydrogen-bond donors (Lipinski definition) is 4. The van der Waals surface area contributed by atoms with Crippen LogP contribution in [0.15, 0.2) is 9.95 Å². The number of rotatable bonds is 1. The quantitative estimate of drug-likeness (QED) is 0.378. The van der Waals surface area contributed by atoms with Crippen LogP contribution in [0.3, 0.4) is 0 Å². The van der Waals surface area contributed by atoms with Gasteiger partial charge in [-0.1, -0.05) is 11.8 Å². The molecule has 0 unspecified atom stereocenters. The zero-order valence-corrected chi connectivity index (χ0v) is 11.8. The van der Waals surface area contributed by atoms with Crippen molar-refractivity contribution >= 4 is 23.3 Å². The highest BCUT2D eigenvalue weighted by molar-refractivity contribution is 7.98. The third kappa shape index (κ3) is 1.97. The number of nitrogens with one attached hydrogen (secondary N) is 2. The Hall–Kier alpha value is -1.29. The van der Waals surface area contributed by atoms with Crippen LogP contribution in [0.5, 0.6) is 0 Å². The lowest BCUT2D eigenvalue weighted by atomic mass is 9.99. The lowest BCUT2D eigenvalue weighted by molar-refractivity contribution is -0.121. The van der Waals surface area contributed by atoms with E-state index in [1.165, 1.54) is 16.3 Å². The topological polar surface area (TPSA) is 109 Å². The van der Waals surface area contributed by atoms with Crippen molar-refractivity contribution in [2.45, 2.75) is 29.6 Å². The molecule has 8 nitrogen and oxygen atoms in total. The van der Waals surface area contributed by atoms with Gasteiger partial charge in [0.2, 0.25) is 0 Å². The van der Waals surface area contributed by atoms with Crippen LogP contribution in [-0.2, 0) is 11.8 Å². The Morgan fingerprint density at radius 3 is 2.90 bits per heavy atom. The Morgan fingerprint density at radius 1 is 1.45 bits per heavy atom. The molecular formula is C11H16N4O4S. The minimum Gasteiger partial charge on any atom is -0.388 e. The first-order chi connectivity index (χ1) is 9.52. The third-order valence-electron chi connectivity index (χ3n) is 3.56. The molecule has 1 aromatic heterocycles. The largest absolute Gasteiger partial charge is 0.388 e. The van der Waals surface area contributed by atoms with Crippen LogP contribution in [0.2, 0.25) is 0 Å². The van der Waals surface area contributed by atoms with E-state index in [2.05, 4.69) is 15.6 Å². The molecule has 3 heterocycles. The van der Waals surface area contributed by atoms with Crippen molar-refractivity contribution in [3.63, 3.8) is 0 Å². The van der Waals surface area contributed by atoms with Crippen LogP contribution in [-0.4, -0.2) is 57.1 Å². The van der Waals surface area contributed by atoms with Crippen molar-refractivity contribution in [2.24, 2.45) is 7.05 Å². The van der Waals surface area contributed by atoms with Gasteiger partial charge in [0.25, 0.3) is 5.56 Å². The Kier molecular flexibility index (Phi) is 3.36. The summed E-state index contributed by atoms with van der Waals surface area (Å²) in [5.41, 5.74) is 0.0425. The maximum atomic E-state index is 12.3. The fourth-order valence-electron chi connectivity index (χ4n) is 2.42. The molecule has 9 heteroatoms. The Morgan fingerprint density at radius 2 is 2.20 bits per heavy atom. The van der Waals surface area contributed by atoms with Crippen LogP contribution in [0, 0.1) is 0 Å². The maximum Gasteiger partial charge on any atom is 0.279 e. The van der Waals surface area contributed by atoms with Crippen LogP contribution in [0.1, 0.15) is 0 Å². The Balaban J connectivity index is 2.03. The number of ether oxygens (including phenoxy) is 1. The van der Waals surface area contributed by atoms with Crippen molar-refractivity contribution in [2.75, 3.05) is 23.5 Å². The van der Waals surface area contributed by atoms with Gasteiger partial charge in [-0.3, -0.25) is 9.36 Å². The van der Waals surface area contributed by atoms with Crippen molar-refractivity contribution in [3.05, 3.63) is 10.4 Å². The molecule has 0 aliphatic carbocycles. The number of thioether (sulfide) groups is 1. The van der Waals surface area contributed by atoms with E-state index in [-0.39, 0.29) is 17.9 Å². The van der Waals surface area contributed by atoms with Crippen LogP contribution >= 0.6 is 11.8 Å². The van der Waals surface area contributed by atoms with Crippen LogP contribution in [0.25, 0.3) is 0 Å². The second-order valence-electron chi connectivity index (χ2n) is 4.81. The van der Waals surface area contributed by atoms with E-state index >= 15 is 0 Å². The van der Waals surface area contributed by atoms with Gasteiger partial charge in [0, 0.05) is 7.05 Å². The zero-order chi connectivity index (χ0) is 14.4. The molecule has 2 aliphatic heterocycles. The number of aromatic nitrogens is 2. The number of fused-ring (bicyclic) bond motifs is 2. The molecule has 2 aliphatic rings. The summed E-state index contributed by atoms with van der Waals surface area (Å²) in [5.74, 6) is 0.405. The average molecular weight is 300 g/mol. The molecule has 0 spiro atoms. The van der Waals surface area contributed by atoms with Crippen molar-refractivity contribution in [3.8, 4) is 0 Å². The molecule has 4 N–H and O–H groups in total.